The van der Waals surface area contributed by atoms with Crippen molar-refractivity contribution >= 4 is 0 Å². The highest BCUT2D eigenvalue weighted by atomic mass is 16.5. The van der Waals surface area contributed by atoms with E-state index in [9.17, 15) is 10.4 Å². The van der Waals surface area contributed by atoms with Crippen molar-refractivity contribution < 1.29 is 9.84 Å². The van der Waals surface area contributed by atoms with E-state index >= 15 is 0 Å². The zero-order chi connectivity index (χ0) is 13.0. The first-order valence-corrected chi connectivity index (χ1v) is 7.39. The second kappa shape index (κ2) is 6.04. The molecule has 4 unspecified atom stereocenters. The van der Waals surface area contributed by atoms with Crippen LogP contribution in [0.3, 0.4) is 0 Å². The van der Waals surface area contributed by atoms with E-state index in [1.54, 1.807) is 0 Å². The summed E-state index contributed by atoms with van der Waals surface area (Å²) in [6.45, 7) is 3.62. The number of ether oxygens (including phenoxy) is 1. The first-order valence-electron chi connectivity index (χ1n) is 7.39. The van der Waals surface area contributed by atoms with Crippen molar-refractivity contribution in [3.8, 4) is 6.07 Å². The molecule has 1 aliphatic heterocycles. The van der Waals surface area contributed by atoms with Gasteiger partial charge in [-0.05, 0) is 31.6 Å². The molecule has 3 nitrogen and oxygen atoms in total. The molecule has 102 valence electrons. The lowest BCUT2D eigenvalue weighted by Crippen LogP contribution is -2.45. The van der Waals surface area contributed by atoms with Gasteiger partial charge < -0.3 is 9.84 Å². The van der Waals surface area contributed by atoms with E-state index in [2.05, 4.69) is 13.0 Å². The smallest absolute Gasteiger partial charge is 0.0838 e. The molecule has 0 aromatic rings. The Labute approximate surface area is 110 Å². The third-order valence-electron chi connectivity index (χ3n) is 4.90. The summed E-state index contributed by atoms with van der Waals surface area (Å²) in [4.78, 5) is 0. The van der Waals surface area contributed by atoms with Crippen molar-refractivity contribution in [1.82, 2.24) is 0 Å². The molecule has 1 aliphatic carbocycles. The van der Waals surface area contributed by atoms with E-state index in [0.29, 0.717) is 12.5 Å². The summed E-state index contributed by atoms with van der Waals surface area (Å²) in [7, 11) is 0. The molecular formula is C15H25NO2. The summed E-state index contributed by atoms with van der Waals surface area (Å²) in [5.74, 6) is 0.770. The lowest BCUT2D eigenvalue weighted by Gasteiger charge is -2.42. The van der Waals surface area contributed by atoms with Gasteiger partial charge in [0.2, 0.25) is 0 Å². The SMILES string of the molecule is CCC1CCCC(C#N)(C(O)C2CCCOC2)C1. The van der Waals surface area contributed by atoms with Crippen LogP contribution < -0.4 is 0 Å². The monoisotopic (exact) mass is 251 g/mol. The minimum absolute atomic E-state index is 0.161. The predicted molar refractivity (Wildman–Crippen MR) is 69.8 cm³/mol. The van der Waals surface area contributed by atoms with E-state index < -0.39 is 11.5 Å². The topological polar surface area (TPSA) is 53.2 Å². The van der Waals surface area contributed by atoms with Crippen LogP contribution in [0.4, 0.5) is 0 Å². The molecule has 2 rings (SSSR count). The Kier molecular flexibility index (Phi) is 4.64. The molecule has 0 spiro atoms. The number of nitrogens with zero attached hydrogens (tertiary/aromatic N) is 1. The molecule has 0 radical (unpaired) electrons. The summed E-state index contributed by atoms with van der Waals surface area (Å²) < 4.78 is 5.47. The van der Waals surface area contributed by atoms with Gasteiger partial charge in [0.15, 0.2) is 0 Å². The second-order valence-electron chi connectivity index (χ2n) is 6.06. The third-order valence-corrected chi connectivity index (χ3v) is 4.90. The molecule has 3 heteroatoms. The van der Waals surface area contributed by atoms with Gasteiger partial charge in [-0.3, -0.25) is 0 Å². The Bertz CT molecular complexity index is 306. The van der Waals surface area contributed by atoms with Gasteiger partial charge in [-0.15, -0.1) is 0 Å². The predicted octanol–water partition coefficient (Wildman–Crippen LogP) is 2.88. The maximum atomic E-state index is 10.7. The molecule has 1 N–H and O–H groups in total. The first kappa shape index (κ1) is 13.8. The van der Waals surface area contributed by atoms with Crippen LogP contribution in [-0.2, 0) is 4.74 Å². The Morgan fingerprint density at radius 2 is 2.28 bits per heavy atom. The fraction of sp³-hybridized carbons (Fsp3) is 0.933. The molecule has 0 aromatic carbocycles. The average Bonchev–Trinajstić information content (AvgIpc) is 2.47. The van der Waals surface area contributed by atoms with Crippen LogP contribution in [0.2, 0.25) is 0 Å². The summed E-state index contributed by atoms with van der Waals surface area (Å²) in [6.07, 6.45) is 6.66. The van der Waals surface area contributed by atoms with E-state index in [1.165, 1.54) is 6.42 Å². The van der Waals surface area contributed by atoms with Gasteiger partial charge in [-0.25, -0.2) is 0 Å². The van der Waals surface area contributed by atoms with Crippen LogP contribution in [0, 0.1) is 28.6 Å². The molecule has 2 aliphatic rings. The van der Waals surface area contributed by atoms with Crippen molar-refractivity contribution in [1.29, 1.82) is 5.26 Å². The lowest BCUT2D eigenvalue weighted by molar-refractivity contribution is -0.0689. The second-order valence-corrected chi connectivity index (χ2v) is 6.06. The Balaban J connectivity index is 2.08. The fourth-order valence-corrected chi connectivity index (χ4v) is 3.68. The Morgan fingerprint density at radius 1 is 1.44 bits per heavy atom. The molecule has 0 bridgehead atoms. The van der Waals surface area contributed by atoms with E-state index in [0.717, 1.165) is 45.1 Å². The molecule has 2 fully saturated rings. The lowest BCUT2D eigenvalue weighted by atomic mass is 9.63. The number of nitriles is 1. The summed E-state index contributed by atoms with van der Waals surface area (Å²) in [5.41, 5.74) is -0.510. The average molecular weight is 251 g/mol. The molecule has 0 amide bonds. The molecule has 0 aromatic heterocycles. The van der Waals surface area contributed by atoms with Crippen LogP contribution in [0.25, 0.3) is 0 Å². The molecule has 1 saturated carbocycles. The van der Waals surface area contributed by atoms with E-state index in [4.69, 9.17) is 4.74 Å². The van der Waals surface area contributed by atoms with Gasteiger partial charge >= 0.3 is 0 Å². The quantitative estimate of drug-likeness (QED) is 0.839. The van der Waals surface area contributed by atoms with E-state index in [1.807, 2.05) is 0 Å². The van der Waals surface area contributed by atoms with Gasteiger partial charge in [0.1, 0.15) is 0 Å². The minimum Gasteiger partial charge on any atom is -0.391 e. The number of aliphatic hydroxyl groups excluding tert-OH is 1. The summed E-state index contributed by atoms with van der Waals surface area (Å²) >= 11 is 0. The largest absolute Gasteiger partial charge is 0.391 e. The van der Waals surface area contributed by atoms with Gasteiger partial charge in [0.05, 0.1) is 24.2 Å². The number of hydrogen-bond donors (Lipinski definition) is 1. The van der Waals surface area contributed by atoms with Crippen LogP contribution in [0.15, 0.2) is 0 Å². The van der Waals surface area contributed by atoms with Crippen molar-refractivity contribution in [3.63, 3.8) is 0 Å². The molecule has 1 heterocycles. The van der Waals surface area contributed by atoms with Gasteiger partial charge in [-0.1, -0.05) is 26.2 Å². The number of aliphatic hydroxyl groups is 1. The molecule has 1 saturated heterocycles. The minimum atomic E-state index is -0.510. The van der Waals surface area contributed by atoms with Gasteiger partial charge in [-0.2, -0.15) is 5.26 Å². The third kappa shape index (κ3) is 2.70. The van der Waals surface area contributed by atoms with Gasteiger partial charge in [0, 0.05) is 12.5 Å². The zero-order valence-electron chi connectivity index (χ0n) is 11.4. The number of hydrogen-bond acceptors (Lipinski definition) is 3. The highest BCUT2D eigenvalue weighted by Crippen LogP contribution is 2.45. The van der Waals surface area contributed by atoms with Crippen LogP contribution in [0.5, 0.6) is 0 Å². The highest BCUT2D eigenvalue weighted by Gasteiger charge is 2.45. The fourth-order valence-electron chi connectivity index (χ4n) is 3.68. The zero-order valence-corrected chi connectivity index (χ0v) is 11.4. The Morgan fingerprint density at radius 3 is 2.89 bits per heavy atom. The van der Waals surface area contributed by atoms with Crippen LogP contribution in [0.1, 0.15) is 51.9 Å². The maximum absolute atomic E-state index is 10.7. The van der Waals surface area contributed by atoms with Crippen LogP contribution in [-0.4, -0.2) is 24.4 Å². The van der Waals surface area contributed by atoms with E-state index in [-0.39, 0.29) is 5.92 Å². The van der Waals surface area contributed by atoms with Crippen molar-refractivity contribution in [2.24, 2.45) is 17.3 Å². The van der Waals surface area contributed by atoms with Crippen molar-refractivity contribution in [3.05, 3.63) is 0 Å². The normalized spacial score (nSPS) is 38.9. The Hall–Kier alpha value is -0.590. The number of rotatable bonds is 3. The van der Waals surface area contributed by atoms with Gasteiger partial charge in [0.25, 0.3) is 0 Å². The highest BCUT2D eigenvalue weighted by molar-refractivity contribution is 5.08. The molecular weight excluding hydrogens is 226 g/mol. The maximum Gasteiger partial charge on any atom is 0.0838 e. The van der Waals surface area contributed by atoms with Crippen molar-refractivity contribution in [2.45, 2.75) is 58.0 Å². The summed E-state index contributed by atoms with van der Waals surface area (Å²) in [5, 5.41) is 20.3. The van der Waals surface area contributed by atoms with Crippen LogP contribution >= 0.6 is 0 Å². The standard InChI is InChI=1S/C15H25NO2/c1-2-12-5-3-7-15(9-12,11-16)14(17)13-6-4-8-18-10-13/h12-14,17H,2-10H2,1H3. The molecule has 18 heavy (non-hydrogen) atoms. The summed E-state index contributed by atoms with van der Waals surface area (Å²) in [6, 6.07) is 2.47. The van der Waals surface area contributed by atoms with Crippen molar-refractivity contribution in [2.75, 3.05) is 13.2 Å². The first-order chi connectivity index (χ1) is 8.72. The molecule has 4 atom stereocenters.